The van der Waals surface area contributed by atoms with Gasteiger partial charge in [-0.25, -0.2) is 4.79 Å². The molecule has 30 heavy (non-hydrogen) atoms. The number of esters is 1. The van der Waals surface area contributed by atoms with Crippen molar-refractivity contribution in [3.63, 3.8) is 0 Å². The summed E-state index contributed by atoms with van der Waals surface area (Å²) in [7, 11) is 0. The predicted molar refractivity (Wildman–Crippen MR) is 105 cm³/mol. The number of para-hydroxylation sites is 2. The molecule has 0 aromatic heterocycles. The first-order valence-corrected chi connectivity index (χ1v) is 9.98. The normalized spacial score (nSPS) is 24.2. The maximum Gasteiger partial charge on any atom is 0.573 e. The Morgan fingerprint density at radius 2 is 1.70 bits per heavy atom. The number of fused-ring (bicyclic) bond motifs is 3. The SMILES string of the molecule is O=C(O[C@H]1CN2CCC1CC2)C(Nc1ccccc1OC(F)(F)F)c1ccccc1. The van der Waals surface area contributed by atoms with E-state index >= 15 is 0 Å². The smallest absolute Gasteiger partial charge is 0.459 e. The number of carbonyl (C=O) groups is 1. The quantitative estimate of drug-likeness (QED) is 0.703. The Balaban J connectivity index is 1.56. The lowest BCUT2D eigenvalue weighted by Crippen LogP contribution is -2.52. The standard InChI is InChI=1S/C22H23F3N2O3/c23-22(24,25)30-18-9-5-4-8-17(18)26-20(16-6-2-1-3-7-16)21(28)29-19-14-27-12-10-15(19)11-13-27/h1-9,15,19-20,26H,10-14H2/t19-,20?/m0/s1. The van der Waals surface area contributed by atoms with E-state index in [9.17, 15) is 18.0 Å². The molecule has 0 spiro atoms. The predicted octanol–water partition coefficient (Wildman–Crippen LogP) is 4.38. The number of alkyl halides is 3. The number of rotatable bonds is 6. The Hall–Kier alpha value is -2.74. The minimum absolute atomic E-state index is 0.0644. The van der Waals surface area contributed by atoms with Gasteiger partial charge in [0.2, 0.25) is 0 Å². The lowest BCUT2D eigenvalue weighted by molar-refractivity contribution is -0.274. The highest BCUT2D eigenvalue weighted by molar-refractivity contribution is 5.82. The summed E-state index contributed by atoms with van der Waals surface area (Å²) >= 11 is 0. The van der Waals surface area contributed by atoms with Gasteiger partial charge in [0.1, 0.15) is 6.10 Å². The lowest BCUT2D eigenvalue weighted by Gasteiger charge is -2.44. The Bertz CT molecular complexity index is 867. The molecule has 5 nitrogen and oxygen atoms in total. The Kier molecular flexibility index (Phi) is 5.85. The molecule has 5 rings (SSSR count). The van der Waals surface area contributed by atoms with Gasteiger partial charge in [0.15, 0.2) is 11.8 Å². The summed E-state index contributed by atoms with van der Waals surface area (Å²) in [6.45, 7) is 2.73. The van der Waals surface area contributed by atoms with E-state index in [-0.39, 0.29) is 11.8 Å². The first kappa shape index (κ1) is 20.5. The summed E-state index contributed by atoms with van der Waals surface area (Å²) in [5.74, 6) is -0.584. The molecule has 3 aliphatic rings. The highest BCUT2D eigenvalue weighted by Crippen LogP contribution is 2.34. The van der Waals surface area contributed by atoms with Crippen LogP contribution >= 0.6 is 0 Å². The van der Waals surface area contributed by atoms with Gasteiger partial charge in [0.05, 0.1) is 5.69 Å². The lowest BCUT2D eigenvalue weighted by atomic mass is 9.86. The van der Waals surface area contributed by atoms with E-state index in [1.54, 1.807) is 36.4 Å². The molecule has 0 radical (unpaired) electrons. The molecule has 2 aromatic carbocycles. The van der Waals surface area contributed by atoms with Crippen LogP contribution in [-0.4, -0.2) is 43.0 Å². The van der Waals surface area contributed by atoms with Gasteiger partial charge in [-0.05, 0) is 49.5 Å². The van der Waals surface area contributed by atoms with Gasteiger partial charge in [0, 0.05) is 6.54 Å². The molecule has 3 saturated heterocycles. The van der Waals surface area contributed by atoms with Crippen LogP contribution < -0.4 is 10.1 Å². The van der Waals surface area contributed by atoms with Gasteiger partial charge in [-0.15, -0.1) is 13.2 Å². The number of hydrogen-bond acceptors (Lipinski definition) is 5. The summed E-state index contributed by atoms with van der Waals surface area (Å²) in [4.78, 5) is 15.4. The van der Waals surface area contributed by atoms with Crippen LogP contribution in [0.4, 0.5) is 18.9 Å². The van der Waals surface area contributed by atoms with Crippen LogP contribution in [0.15, 0.2) is 54.6 Å². The first-order chi connectivity index (χ1) is 14.4. The molecule has 8 heteroatoms. The maximum absolute atomic E-state index is 13.1. The van der Waals surface area contributed by atoms with Crippen LogP contribution in [0.2, 0.25) is 0 Å². The van der Waals surface area contributed by atoms with Gasteiger partial charge in [-0.3, -0.25) is 4.90 Å². The Labute approximate surface area is 172 Å². The van der Waals surface area contributed by atoms with Gasteiger partial charge in [-0.1, -0.05) is 42.5 Å². The second-order valence-corrected chi connectivity index (χ2v) is 7.65. The summed E-state index contributed by atoms with van der Waals surface area (Å²) in [5.41, 5.74) is 0.667. The molecular weight excluding hydrogens is 397 g/mol. The average Bonchev–Trinajstić information content (AvgIpc) is 2.73. The minimum atomic E-state index is -4.84. The molecule has 3 aliphatic heterocycles. The molecule has 160 valence electrons. The molecule has 1 unspecified atom stereocenters. The topological polar surface area (TPSA) is 50.8 Å². The summed E-state index contributed by atoms with van der Waals surface area (Å²) in [6.07, 6.45) is -3.06. The van der Waals surface area contributed by atoms with E-state index in [0.29, 0.717) is 18.0 Å². The molecule has 2 aromatic rings. The molecule has 0 amide bonds. The fourth-order valence-corrected chi connectivity index (χ4v) is 4.14. The summed E-state index contributed by atoms with van der Waals surface area (Å²) < 4.78 is 48.3. The van der Waals surface area contributed by atoms with E-state index in [1.165, 1.54) is 18.2 Å². The van der Waals surface area contributed by atoms with Gasteiger partial charge in [0.25, 0.3) is 0 Å². The zero-order chi connectivity index (χ0) is 21.1. The number of ether oxygens (including phenoxy) is 2. The third kappa shape index (κ3) is 4.87. The van der Waals surface area contributed by atoms with Crippen molar-refractivity contribution in [3.8, 4) is 5.75 Å². The van der Waals surface area contributed by atoms with Gasteiger partial charge < -0.3 is 14.8 Å². The maximum atomic E-state index is 13.1. The summed E-state index contributed by atoms with van der Waals surface area (Å²) in [5, 5.41) is 2.91. The largest absolute Gasteiger partial charge is 0.573 e. The highest BCUT2D eigenvalue weighted by Gasteiger charge is 2.38. The number of anilines is 1. The zero-order valence-electron chi connectivity index (χ0n) is 16.3. The Morgan fingerprint density at radius 3 is 2.33 bits per heavy atom. The van der Waals surface area contributed by atoms with Crippen molar-refractivity contribution in [2.45, 2.75) is 31.3 Å². The molecule has 0 saturated carbocycles. The van der Waals surface area contributed by atoms with Crippen LogP contribution in [-0.2, 0) is 9.53 Å². The molecule has 2 bridgehead atoms. The van der Waals surface area contributed by atoms with Crippen molar-refractivity contribution in [3.05, 3.63) is 60.2 Å². The average molecular weight is 420 g/mol. The molecule has 3 heterocycles. The van der Waals surface area contributed by atoms with Crippen molar-refractivity contribution in [1.29, 1.82) is 0 Å². The van der Waals surface area contributed by atoms with Crippen molar-refractivity contribution < 1.29 is 27.4 Å². The van der Waals surface area contributed by atoms with E-state index in [1.807, 2.05) is 0 Å². The van der Waals surface area contributed by atoms with Crippen LogP contribution in [0.1, 0.15) is 24.4 Å². The van der Waals surface area contributed by atoms with Crippen LogP contribution in [0.3, 0.4) is 0 Å². The molecule has 2 atom stereocenters. The zero-order valence-corrected chi connectivity index (χ0v) is 16.3. The minimum Gasteiger partial charge on any atom is -0.459 e. The van der Waals surface area contributed by atoms with E-state index in [2.05, 4.69) is 15.0 Å². The second-order valence-electron chi connectivity index (χ2n) is 7.65. The molecular formula is C22H23F3N2O3. The van der Waals surface area contributed by atoms with Crippen LogP contribution in [0.25, 0.3) is 0 Å². The van der Waals surface area contributed by atoms with E-state index in [4.69, 9.17) is 4.74 Å². The number of carbonyl (C=O) groups excluding carboxylic acids is 1. The van der Waals surface area contributed by atoms with Crippen molar-refractivity contribution in [2.75, 3.05) is 25.0 Å². The number of benzene rings is 2. The van der Waals surface area contributed by atoms with Crippen LogP contribution in [0.5, 0.6) is 5.75 Å². The van der Waals surface area contributed by atoms with E-state index < -0.39 is 24.1 Å². The molecule has 0 aliphatic carbocycles. The van der Waals surface area contributed by atoms with Crippen molar-refractivity contribution in [2.24, 2.45) is 5.92 Å². The number of halogens is 3. The highest BCUT2D eigenvalue weighted by atomic mass is 19.4. The van der Waals surface area contributed by atoms with Crippen LogP contribution in [0, 0.1) is 5.92 Å². The summed E-state index contributed by atoms with van der Waals surface area (Å²) in [6, 6.07) is 13.5. The number of nitrogens with zero attached hydrogens (tertiary/aromatic N) is 1. The second kappa shape index (κ2) is 8.55. The number of nitrogens with one attached hydrogen (secondary N) is 1. The number of hydrogen-bond donors (Lipinski definition) is 1. The fourth-order valence-electron chi connectivity index (χ4n) is 4.14. The third-order valence-corrected chi connectivity index (χ3v) is 5.64. The Morgan fingerprint density at radius 1 is 1.03 bits per heavy atom. The number of piperidine rings is 3. The fraction of sp³-hybridized carbons (Fsp3) is 0.409. The van der Waals surface area contributed by atoms with E-state index in [0.717, 1.165) is 25.9 Å². The molecule has 3 fully saturated rings. The van der Waals surface area contributed by atoms with Crippen molar-refractivity contribution >= 4 is 11.7 Å². The van der Waals surface area contributed by atoms with Gasteiger partial charge in [-0.2, -0.15) is 0 Å². The molecule has 1 N–H and O–H groups in total. The first-order valence-electron chi connectivity index (χ1n) is 9.98. The van der Waals surface area contributed by atoms with Gasteiger partial charge >= 0.3 is 12.3 Å². The third-order valence-electron chi connectivity index (χ3n) is 5.64. The van der Waals surface area contributed by atoms with Crippen molar-refractivity contribution in [1.82, 2.24) is 4.90 Å². The monoisotopic (exact) mass is 420 g/mol.